The number of carbonyl (C=O) groups is 2. The van der Waals surface area contributed by atoms with Gasteiger partial charge in [-0.1, -0.05) is 38.1 Å². The van der Waals surface area contributed by atoms with Gasteiger partial charge >= 0.3 is 5.97 Å². The Morgan fingerprint density at radius 3 is 2.52 bits per heavy atom. The lowest BCUT2D eigenvalue weighted by Crippen LogP contribution is -2.30. The second-order valence-electron chi connectivity index (χ2n) is 5.98. The number of hydrogen-bond acceptors (Lipinski definition) is 3. The lowest BCUT2D eigenvalue weighted by Gasteiger charge is -2.19. The Morgan fingerprint density at radius 1 is 1.12 bits per heavy atom. The van der Waals surface area contributed by atoms with Gasteiger partial charge in [0.1, 0.15) is 5.75 Å². The second-order valence-corrected chi connectivity index (χ2v) is 5.98. The van der Waals surface area contributed by atoms with Gasteiger partial charge in [0.25, 0.3) is 5.91 Å². The second kappa shape index (κ2) is 8.33. The third-order valence-corrected chi connectivity index (χ3v) is 4.11. The molecule has 2 aromatic rings. The quantitative estimate of drug-likeness (QED) is 0.787. The number of carbonyl (C=O) groups excluding carboxylic acids is 1. The van der Waals surface area contributed by atoms with E-state index in [1.807, 2.05) is 24.3 Å². The molecule has 5 nitrogen and oxygen atoms in total. The molecule has 2 atom stereocenters. The summed E-state index contributed by atoms with van der Waals surface area (Å²) >= 11 is 0. The maximum atomic E-state index is 12.4. The summed E-state index contributed by atoms with van der Waals surface area (Å²) in [6.45, 7) is 5.89. The minimum atomic E-state index is -1.04. The smallest absolute Gasteiger partial charge is 0.335 e. The number of benzene rings is 2. The monoisotopic (exact) mass is 341 g/mol. The van der Waals surface area contributed by atoms with Crippen LogP contribution in [0.25, 0.3) is 0 Å². The highest BCUT2D eigenvalue weighted by Crippen LogP contribution is 2.29. The summed E-state index contributed by atoms with van der Waals surface area (Å²) in [6, 6.07) is 13.8. The highest BCUT2D eigenvalue weighted by Gasteiger charge is 2.18. The predicted octanol–water partition coefficient (Wildman–Crippen LogP) is 4.30. The van der Waals surface area contributed by atoms with Crippen molar-refractivity contribution < 1.29 is 19.4 Å². The third kappa shape index (κ3) is 4.83. The fourth-order valence-corrected chi connectivity index (χ4v) is 2.43. The Balaban J connectivity index is 2.09. The normalized spacial score (nSPS) is 12.9. The van der Waals surface area contributed by atoms with Crippen LogP contribution in [0.4, 0.5) is 5.69 Å². The molecule has 2 unspecified atom stereocenters. The van der Waals surface area contributed by atoms with Crippen molar-refractivity contribution >= 4 is 17.6 Å². The van der Waals surface area contributed by atoms with E-state index in [1.54, 1.807) is 19.1 Å². The number of aromatic carboxylic acids is 1. The van der Waals surface area contributed by atoms with Crippen LogP contribution in [0.5, 0.6) is 5.75 Å². The molecule has 0 aliphatic rings. The van der Waals surface area contributed by atoms with Gasteiger partial charge in [-0.15, -0.1) is 0 Å². The van der Waals surface area contributed by atoms with E-state index in [0.717, 1.165) is 12.0 Å². The first-order valence-corrected chi connectivity index (χ1v) is 8.32. The highest BCUT2D eigenvalue weighted by molar-refractivity contribution is 5.96. The maximum Gasteiger partial charge on any atom is 0.335 e. The summed E-state index contributed by atoms with van der Waals surface area (Å²) in [5, 5.41) is 11.7. The molecule has 1 amide bonds. The van der Waals surface area contributed by atoms with Gasteiger partial charge in [0.05, 0.1) is 5.56 Å². The van der Waals surface area contributed by atoms with Crippen LogP contribution in [0.1, 0.15) is 49.0 Å². The fraction of sp³-hybridized carbons (Fsp3) is 0.300. The van der Waals surface area contributed by atoms with Crippen molar-refractivity contribution in [3.63, 3.8) is 0 Å². The van der Waals surface area contributed by atoms with Crippen LogP contribution in [0.2, 0.25) is 0 Å². The Bertz CT molecular complexity index is 757. The van der Waals surface area contributed by atoms with Gasteiger partial charge in [-0.25, -0.2) is 4.79 Å². The number of carboxylic acid groups (broad SMARTS) is 1. The number of nitrogens with one attached hydrogen (secondary N) is 1. The molecule has 2 rings (SSSR count). The van der Waals surface area contributed by atoms with E-state index in [-0.39, 0.29) is 11.5 Å². The molecule has 0 aromatic heterocycles. The van der Waals surface area contributed by atoms with Crippen LogP contribution < -0.4 is 10.1 Å². The number of ether oxygens (including phenoxy) is 1. The van der Waals surface area contributed by atoms with Crippen LogP contribution in [-0.4, -0.2) is 23.1 Å². The molecule has 0 radical (unpaired) electrons. The number of hydrogen-bond donors (Lipinski definition) is 2. The van der Waals surface area contributed by atoms with Crippen molar-refractivity contribution in [1.82, 2.24) is 0 Å². The van der Waals surface area contributed by atoms with Gasteiger partial charge < -0.3 is 15.2 Å². The van der Waals surface area contributed by atoms with Crippen molar-refractivity contribution in [2.24, 2.45) is 0 Å². The molecule has 2 N–H and O–H groups in total. The maximum absolute atomic E-state index is 12.4. The zero-order valence-electron chi connectivity index (χ0n) is 14.7. The molecule has 0 saturated heterocycles. The molecular formula is C20H23NO4. The van der Waals surface area contributed by atoms with Crippen LogP contribution in [-0.2, 0) is 4.79 Å². The average Bonchev–Trinajstić information content (AvgIpc) is 2.61. The Morgan fingerprint density at radius 2 is 1.84 bits per heavy atom. The number of carboxylic acids is 1. The molecule has 2 aromatic carbocycles. The minimum Gasteiger partial charge on any atom is -0.481 e. The van der Waals surface area contributed by atoms with Crippen LogP contribution >= 0.6 is 0 Å². The molecule has 0 spiro atoms. The van der Waals surface area contributed by atoms with Crippen LogP contribution in [0, 0.1) is 0 Å². The lowest BCUT2D eigenvalue weighted by molar-refractivity contribution is -0.122. The van der Waals surface area contributed by atoms with Crippen molar-refractivity contribution in [2.75, 3.05) is 5.32 Å². The van der Waals surface area contributed by atoms with Crippen molar-refractivity contribution in [3.05, 3.63) is 59.7 Å². The minimum absolute atomic E-state index is 0.119. The number of para-hydroxylation sites is 1. The van der Waals surface area contributed by atoms with E-state index in [1.165, 1.54) is 12.1 Å². The zero-order valence-corrected chi connectivity index (χ0v) is 14.7. The molecule has 0 aliphatic carbocycles. The van der Waals surface area contributed by atoms with Crippen molar-refractivity contribution in [2.45, 2.75) is 39.2 Å². The van der Waals surface area contributed by atoms with Gasteiger partial charge in [-0.05, 0) is 49.1 Å². The molecule has 5 heteroatoms. The Kier molecular flexibility index (Phi) is 6.17. The Hall–Kier alpha value is -2.82. The van der Waals surface area contributed by atoms with Gasteiger partial charge in [0.2, 0.25) is 0 Å². The van der Waals surface area contributed by atoms with Gasteiger partial charge in [-0.2, -0.15) is 0 Å². The largest absolute Gasteiger partial charge is 0.481 e. The van der Waals surface area contributed by atoms with E-state index < -0.39 is 12.1 Å². The van der Waals surface area contributed by atoms with Crippen LogP contribution in [0.15, 0.2) is 48.5 Å². The van der Waals surface area contributed by atoms with E-state index in [0.29, 0.717) is 17.4 Å². The molecule has 0 fully saturated rings. The molecule has 0 saturated carbocycles. The van der Waals surface area contributed by atoms with Crippen molar-refractivity contribution in [3.8, 4) is 5.75 Å². The first-order chi connectivity index (χ1) is 11.9. The van der Waals surface area contributed by atoms with Gasteiger partial charge in [-0.3, -0.25) is 4.79 Å². The molecule has 0 bridgehead atoms. The standard InChI is InChI=1S/C20H23NO4/c1-4-13(2)17-10-5-6-11-18(17)25-14(3)19(22)21-16-9-7-8-15(12-16)20(23)24/h5-14H,4H2,1-3H3,(H,21,22)(H,23,24). The molecule has 132 valence electrons. The topological polar surface area (TPSA) is 75.6 Å². The Labute approximate surface area is 147 Å². The summed E-state index contributed by atoms with van der Waals surface area (Å²) in [5.74, 6) is -0.345. The molecule has 25 heavy (non-hydrogen) atoms. The SMILES string of the molecule is CCC(C)c1ccccc1OC(C)C(=O)Nc1cccc(C(=O)O)c1. The van der Waals surface area contributed by atoms with Gasteiger partial charge in [0, 0.05) is 5.69 Å². The number of amides is 1. The summed E-state index contributed by atoms with van der Waals surface area (Å²) < 4.78 is 5.85. The molecule has 0 heterocycles. The summed E-state index contributed by atoms with van der Waals surface area (Å²) in [7, 11) is 0. The lowest BCUT2D eigenvalue weighted by atomic mass is 9.98. The van der Waals surface area contributed by atoms with E-state index >= 15 is 0 Å². The van der Waals surface area contributed by atoms with Gasteiger partial charge in [0.15, 0.2) is 6.10 Å². The summed E-state index contributed by atoms with van der Waals surface area (Å²) in [5.41, 5.74) is 1.61. The molecular weight excluding hydrogens is 318 g/mol. The predicted molar refractivity (Wildman–Crippen MR) is 97.3 cm³/mol. The highest BCUT2D eigenvalue weighted by atomic mass is 16.5. The van der Waals surface area contributed by atoms with Crippen LogP contribution in [0.3, 0.4) is 0 Å². The number of anilines is 1. The average molecular weight is 341 g/mol. The first kappa shape index (κ1) is 18.5. The molecule has 0 aliphatic heterocycles. The fourth-order valence-electron chi connectivity index (χ4n) is 2.43. The summed E-state index contributed by atoms with van der Waals surface area (Å²) in [6.07, 6.45) is 0.266. The van der Waals surface area contributed by atoms with E-state index in [9.17, 15) is 9.59 Å². The first-order valence-electron chi connectivity index (χ1n) is 8.32. The number of rotatable bonds is 7. The van der Waals surface area contributed by atoms with Crippen molar-refractivity contribution in [1.29, 1.82) is 0 Å². The van der Waals surface area contributed by atoms with E-state index in [4.69, 9.17) is 9.84 Å². The van der Waals surface area contributed by atoms with E-state index in [2.05, 4.69) is 19.2 Å². The zero-order chi connectivity index (χ0) is 18.4. The summed E-state index contributed by atoms with van der Waals surface area (Å²) in [4.78, 5) is 23.4. The third-order valence-electron chi connectivity index (χ3n) is 4.11.